The lowest BCUT2D eigenvalue weighted by Gasteiger charge is -2.44. The number of halogens is 1. The molecule has 154 valence electrons. The molecule has 0 N–H and O–H groups in total. The quantitative estimate of drug-likeness (QED) is 0.620. The van der Waals surface area contributed by atoms with Crippen LogP contribution in [0.2, 0.25) is 0 Å². The van der Waals surface area contributed by atoms with Gasteiger partial charge in [0, 0.05) is 36.2 Å². The summed E-state index contributed by atoms with van der Waals surface area (Å²) in [5.41, 5.74) is 1.93. The molecule has 2 aliphatic heterocycles. The Kier molecular flexibility index (Phi) is 7.11. The van der Waals surface area contributed by atoms with Crippen molar-refractivity contribution in [3.63, 3.8) is 0 Å². The molecule has 5 nitrogen and oxygen atoms in total. The number of nitrogens with zero attached hydrogens (tertiary/aromatic N) is 2. The maximum absolute atomic E-state index is 13.9. The Labute approximate surface area is 180 Å². The van der Waals surface area contributed by atoms with Gasteiger partial charge in [-0.15, -0.1) is 0 Å². The van der Waals surface area contributed by atoms with Gasteiger partial charge in [0.05, 0.1) is 38.5 Å². The summed E-state index contributed by atoms with van der Waals surface area (Å²) >= 11 is 3.48. The van der Waals surface area contributed by atoms with Crippen LogP contribution in [0, 0.1) is 0 Å². The predicted octanol–water partition coefficient (Wildman–Crippen LogP) is 3.41. The van der Waals surface area contributed by atoms with Gasteiger partial charge in [0.15, 0.2) is 5.78 Å². The van der Waals surface area contributed by atoms with E-state index in [4.69, 9.17) is 9.47 Å². The number of hydrogen-bond donors (Lipinski definition) is 0. The van der Waals surface area contributed by atoms with Gasteiger partial charge in [0.25, 0.3) is 0 Å². The van der Waals surface area contributed by atoms with Crippen molar-refractivity contribution < 1.29 is 14.3 Å². The van der Waals surface area contributed by atoms with E-state index in [1.165, 1.54) is 5.56 Å². The van der Waals surface area contributed by atoms with Crippen LogP contribution < -0.4 is 0 Å². The highest BCUT2D eigenvalue weighted by Gasteiger charge is 2.39. The molecule has 0 aliphatic carbocycles. The van der Waals surface area contributed by atoms with Crippen molar-refractivity contribution in [2.45, 2.75) is 12.1 Å². The maximum Gasteiger partial charge on any atom is 0.181 e. The topological polar surface area (TPSA) is 42.0 Å². The molecule has 2 heterocycles. The van der Waals surface area contributed by atoms with E-state index in [2.05, 4.69) is 50.0 Å². The van der Waals surface area contributed by atoms with Crippen LogP contribution in [0.4, 0.5) is 0 Å². The van der Waals surface area contributed by atoms with E-state index in [9.17, 15) is 4.79 Å². The number of rotatable bonds is 6. The zero-order chi connectivity index (χ0) is 20.1. The Hall–Kier alpha value is -1.57. The zero-order valence-corrected chi connectivity index (χ0v) is 18.1. The van der Waals surface area contributed by atoms with Gasteiger partial charge in [-0.3, -0.25) is 14.6 Å². The summed E-state index contributed by atoms with van der Waals surface area (Å²) in [6, 6.07) is 17.9. The van der Waals surface area contributed by atoms with E-state index in [1.54, 1.807) is 0 Å². The van der Waals surface area contributed by atoms with Gasteiger partial charge in [0.2, 0.25) is 0 Å². The molecule has 4 rings (SSSR count). The van der Waals surface area contributed by atoms with Crippen molar-refractivity contribution in [1.29, 1.82) is 0 Å². The first-order valence-electron chi connectivity index (χ1n) is 10.2. The third-order valence-electron chi connectivity index (χ3n) is 5.72. The third kappa shape index (κ3) is 4.95. The lowest BCUT2D eigenvalue weighted by molar-refractivity contribution is -0.0301. The summed E-state index contributed by atoms with van der Waals surface area (Å²) < 4.78 is 12.2. The number of hydrogen-bond acceptors (Lipinski definition) is 5. The fourth-order valence-electron chi connectivity index (χ4n) is 4.25. The average Bonchev–Trinajstić information content (AvgIpc) is 2.79. The van der Waals surface area contributed by atoms with E-state index < -0.39 is 0 Å². The monoisotopic (exact) mass is 458 g/mol. The summed E-state index contributed by atoms with van der Waals surface area (Å²) in [5, 5.41) is 0. The first-order chi connectivity index (χ1) is 14.2. The highest BCUT2D eigenvalue weighted by molar-refractivity contribution is 9.10. The predicted molar refractivity (Wildman–Crippen MR) is 116 cm³/mol. The lowest BCUT2D eigenvalue weighted by Crippen LogP contribution is -2.55. The third-order valence-corrected chi connectivity index (χ3v) is 6.24. The van der Waals surface area contributed by atoms with Crippen LogP contribution in [-0.2, 0) is 9.47 Å². The molecule has 29 heavy (non-hydrogen) atoms. The van der Waals surface area contributed by atoms with E-state index in [0.717, 1.165) is 36.2 Å². The van der Waals surface area contributed by atoms with Crippen molar-refractivity contribution in [2.75, 3.05) is 52.6 Å². The number of Topliss-reactive ketones (excluding diaryl/α,β-unsaturated/α-hetero) is 1. The van der Waals surface area contributed by atoms with Crippen LogP contribution in [0.1, 0.15) is 22.0 Å². The molecular formula is C23H27BrN2O3. The Balaban J connectivity index is 1.74. The van der Waals surface area contributed by atoms with E-state index in [0.29, 0.717) is 26.4 Å². The number of benzene rings is 2. The van der Waals surface area contributed by atoms with Gasteiger partial charge >= 0.3 is 0 Å². The average molecular weight is 459 g/mol. The molecule has 2 aromatic carbocycles. The normalized spacial score (nSPS) is 20.9. The van der Waals surface area contributed by atoms with Gasteiger partial charge in [-0.05, 0) is 17.7 Å². The number of ketones is 1. The number of ether oxygens (including phenoxy) is 2. The van der Waals surface area contributed by atoms with Crippen molar-refractivity contribution in [1.82, 2.24) is 9.80 Å². The smallest absolute Gasteiger partial charge is 0.181 e. The summed E-state index contributed by atoms with van der Waals surface area (Å²) in [7, 11) is 0. The molecule has 2 saturated heterocycles. The maximum atomic E-state index is 13.9. The van der Waals surface area contributed by atoms with E-state index >= 15 is 0 Å². The molecule has 0 aromatic heterocycles. The first-order valence-corrected chi connectivity index (χ1v) is 11.0. The van der Waals surface area contributed by atoms with Gasteiger partial charge in [-0.25, -0.2) is 0 Å². The van der Waals surface area contributed by atoms with Gasteiger partial charge in [-0.2, -0.15) is 0 Å². The zero-order valence-electron chi connectivity index (χ0n) is 16.5. The van der Waals surface area contributed by atoms with Crippen LogP contribution in [0.3, 0.4) is 0 Å². The minimum atomic E-state index is -0.263. The summed E-state index contributed by atoms with van der Waals surface area (Å²) in [5.74, 6) is 0.166. The van der Waals surface area contributed by atoms with Gasteiger partial charge in [0.1, 0.15) is 0 Å². The molecule has 6 heteroatoms. The number of carbonyl (C=O) groups excluding carboxylic acids is 1. The molecule has 2 atom stereocenters. The Morgan fingerprint density at radius 2 is 1.34 bits per heavy atom. The minimum Gasteiger partial charge on any atom is -0.379 e. The minimum absolute atomic E-state index is 0.0191. The standard InChI is InChI=1S/C23H27BrN2O3/c24-20-8-6-19(7-9-20)23(27)22(26-12-16-29-17-13-26)21(18-4-2-1-3-5-18)25-10-14-28-15-11-25/h1-9,21-22H,10-17H2/t21-,22-/m0/s1. The molecule has 2 aromatic rings. The fourth-order valence-corrected chi connectivity index (χ4v) is 4.51. The van der Waals surface area contributed by atoms with Crippen LogP contribution in [0.25, 0.3) is 0 Å². The first kappa shape index (κ1) is 20.7. The molecule has 0 amide bonds. The highest BCUT2D eigenvalue weighted by atomic mass is 79.9. The summed E-state index contributed by atoms with van der Waals surface area (Å²) in [6.45, 7) is 5.91. The van der Waals surface area contributed by atoms with Crippen LogP contribution in [0.5, 0.6) is 0 Å². The second-order valence-corrected chi connectivity index (χ2v) is 8.38. The van der Waals surface area contributed by atoms with E-state index in [1.807, 2.05) is 30.3 Å². The molecule has 0 saturated carbocycles. The Bertz CT molecular complexity index is 788. The van der Waals surface area contributed by atoms with Gasteiger partial charge < -0.3 is 9.47 Å². The fraction of sp³-hybridized carbons (Fsp3) is 0.435. The number of carbonyl (C=O) groups is 1. The van der Waals surface area contributed by atoms with Crippen molar-refractivity contribution in [3.05, 3.63) is 70.2 Å². The van der Waals surface area contributed by atoms with Crippen LogP contribution in [0.15, 0.2) is 59.1 Å². The molecule has 2 aliphatic rings. The summed E-state index contributed by atoms with van der Waals surface area (Å²) in [6.07, 6.45) is 0. The lowest BCUT2D eigenvalue weighted by atomic mass is 9.89. The SMILES string of the molecule is O=C(c1ccc(Br)cc1)[C@H]([C@H](c1ccccc1)N1CCOCC1)N1CCOCC1. The Morgan fingerprint density at radius 3 is 1.93 bits per heavy atom. The van der Waals surface area contributed by atoms with Crippen LogP contribution >= 0.6 is 15.9 Å². The Morgan fingerprint density at radius 1 is 0.793 bits per heavy atom. The molecule has 0 bridgehead atoms. The molecule has 0 radical (unpaired) electrons. The molecule has 0 spiro atoms. The van der Waals surface area contributed by atoms with Crippen LogP contribution in [-0.4, -0.2) is 74.2 Å². The van der Waals surface area contributed by atoms with E-state index in [-0.39, 0.29) is 17.9 Å². The van der Waals surface area contributed by atoms with Gasteiger partial charge in [-0.1, -0.05) is 58.4 Å². The van der Waals surface area contributed by atoms with Crippen molar-refractivity contribution >= 4 is 21.7 Å². The molecule has 0 unspecified atom stereocenters. The second-order valence-electron chi connectivity index (χ2n) is 7.47. The largest absolute Gasteiger partial charge is 0.379 e. The van der Waals surface area contributed by atoms with Crippen molar-refractivity contribution in [3.8, 4) is 0 Å². The van der Waals surface area contributed by atoms with Crippen molar-refractivity contribution in [2.24, 2.45) is 0 Å². The molecular weight excluding hydrogens is 432 g/mol. The second kappa shape index (κ2) is 9.96. The number of morpholine rings is 2. The highest BCUT2D eigenvalue weighted by Crippen LogP contribution is 2.31. The summed E-state index contributed by atoms with van der Waals surface area (Å²) in [4.78, 5) is 18.6. The molecule has 2 fully saturated rings.